The molecule has 15 heavy (non-hydrogen) atoms. The van der Waals surface area contributed by atoms with E-state index in [9.17, 15) is 0 Å². The van der Waals surface area contributed by atoms with E-state index < -0.39 is 0 Å². The molecular formula is C10H21BrO2S2. The highest BCUT2D eigenvalue weighted by Crippen LogP contribution is 2.34. The highest BCUT2D eigenvalue weighted by atomic mass is 79.9. The molecule has 92 valence electrons. The van der Waals surface area contributed by atoms with Gasteiger partial charge in [-0.2, -0.15) is 0 Å². The zero-order chi connectivity index (χ0) is 11.6. The molecule has 0 aliphatic carbocycles. The molecular weight excluding hydrogens is 296 g/mol. The fraction of sp³-hybridized carbons (Fsp3) is 1.00. The average molecular weight is 317 g/mol. The molecule has 0 aliphatic rings. The summed E-state index contributed by atoms with van der Waals surface area (Å²) in [5, 5.41) is 0.894. The van der Waals surface area contributed by atoms with Crippen LogP contribution in [0.3, 0.4) is 0 Å². The Morgan fingerprint density at radius 1 is 1.00 bits per heavy atom. The van der Waals surface area contributed by atoms with Gasteiger partial charge < -0.3 is 9.47 Å². The fourth-order valence-corrected chi connectivity index (χ4v) is 3.05. The Morgan fingerprint density at radius 3 is 2.13 bits per heavy atom. The van der Waals surface area contributed by atoms with Gasteiger partial charge in [0.2, 0.25) is 0 Å². The molecule has 0 N–H and O–H groups in total. The van der Waals surface area contributed by atoms with Gasteiger partial charge in [0, 0.05) is 15.8 Å². The summed E-state index contributed by atoms with van der Waals surface area (Å²) in [6.07, 6.45) is 0. The van der Waals surface area contributed by atoms with Gasteiger partial charge in [0.15, 0.2) is 0 Å². The molecule has 0 atom stereocenters. The lowest BCUT2D eigenvalue weighted by atomic mass is 10.3. The summed E-state index contributed by atoms with van der Waals surface area (Å²) in [4.78, 5) is 0. The fourth-order valence-electron chi connectivity index (χ4n) is 0.688. The summed E-state index contributed by atoms with van der Waals surface area (Å²) in [5.41, 5.74) is 0. The van der Waals surface area contributed by atoms with E-state index in [0.29, 0.717) is 18.0 Å². The molecule has 0 heterocycles. The highest BCUT2D eigenvalue weighted by Gasteiger charge is 2.10. The van der Waals surface area contributed by atoms with E-state index >= 15 is 0 Å². The number of ether oxygens (including phenoxy) is 2. The van der Waals surface area contributed by atoms with Crippen LogP contribution in [-0.2, 0) is 9.47 Å². The summed E-state index contributed by atoms with van der Waals surface area (Å²) < 4.78 is 11.0. The minimum absolute atomic E-state index is 0.337. The number of rotatable bonds is 9. The normalized spacial score (nSPS) is 12.0. The van der Waals surface area contributed by atoms with Crippen molar-refractivity contribution in [3.05, 3.63) is 0 Å². The van der Waals surface area contributed by atoms with Crippen LogP contribution >= 0.6 is 37.5 Å². The van der Waals surface area contributed by atoms with Gasteiger partial charge >= 0.3 is 0 Å². The summed E-state index contributed by atoms with van der Waals surface area (Å²) in [6.45, 7) is 9.64. The smallest absolute Gasteiger partial charge is 0.0700 e. The second-order valence-electron chi connectivity index (χ2n) is 3.93. The van der Waals surface area contributed by atoms with Crippen molar-refractivity contribution in [3.63, 3.8) is 0 Å². The van der Waals surface area contributed by atoms with Crippen molar-refractivity contribution in [2.75, 3.05) is 37.5 Å². The lowest BCUT2D eigenvalue weighted by molar-refractivity contribution is 0.0608. The van der Waals surface area contributed by atoms with Crippen LogP contribution in [0.5, 0.6) is 0 Å². The van der Waals surface area contributed by atoms with Crippen LogP contribution < -0.4 is 0 Å². The van der Waals surface area contributed by atoms with Gasteiger partial charge in [-0.3, -0.25) is 0 Å². The first-order chi connectivity index (χ1) is 7.06. The monoisotopic (exact) mass is 316 g/mol. The van der Waals surface area contributed by atoms with Gasteiger partial charge in [0.25, 0.3) is 0 Å². The zero-order valence-electron chi connectivity index (χ0n) is 9.75. The molecule has 0 aromatic carbocycles. The Bertz CT molecular complexity index is 140. The van der Waals surface area contributed by atoms with E-state index in [2.05, 4.69) is 36.7 Å². The van der Waals surface area contributed by atoms with Gasteiger partial charge in [-0.1, -0.05) is 58.3 Å². The van der Waals surface area contributed by atoms with Crippen LogP contribution in [0.15, 0.2) is 0 Å². The van der Waals surface area contributed by atoms with Gasteiger partial charge in [0.05, 0.1) is 26.4 Å². The molecule has 0 spiro atoms. The minimum atomic E-state index is 0.337. The molecule has 0 radical (unpaired) electrons. The molecule has 0 unspecified atom stereocenters. The molecule has 0 amide bonds. The Balaban J connectivity index is 2.99. The molecule has 0 saturated carbocycles. The predicted molar refractivity (Wildman–Crippen MR) is 75.2 cm³/mol. The molecule has 0 aromatic rings. The molecule has 0 aliphatic heterocycles. The molecule has 0 saturated heterocycles. The molecule has 0 aromatic heterocycles. The third kappa shape index (κ3) is 15.1. The Kier molecular flexibility index (Phi) is 11.0. The molecule has 5 heteroatoms. The maximum absolute atomic E-state index is 5.42. The van der Waals surface area contributed by atoms with Crippen molar-refractivity contribution < 1.29 is 9.47 Å². The molecule has 0 fully saturated rings. The standard InChI is InChI=1S/C10H21BrO2S2/c1-10(2,3)15-14-9-8-13-7-6-12-5-4-11/h4-9H2,1-3H3. The topological polar surface area (TPSA) is 18.5 Å². The summed E-state index contributed by atoms with van der Waals surface area (Å²) >= 11 is 3.30. The van der Waals surface area contributed by atoms with Crippen molar-refractivity contribution in [3.8, 4) is 0 Å². The highest BCUT2D eigenvalue weighted by molar-refractivity contribution is 9.09. The second kappa shape index (κ2) is 10.3. The molecule has 0 bridgehead atoms. The van der Waals surface area contributed by atoms with Crippen molar-refractivity contribution in [1.82, 2.24) is 0 Å². The number of halogens is 1. The van der Waals surface area contributed by atoms with E-state index in [0.717, 1.165) is 24.3 Å². The molecule has 2 nitrogen and oxygen atoms in total. The Labute approximate surface area is 110 Å². The average Bonchev–Trinajstić information content (AvgIpc) is 2.14. The SMILES string of the molecule is CC(C)(C)SSCCOCCOCCBr. The van der Waals surface area contributed by atoms with Crippen LogP contribution in [0.1, 0.15) is 20.8 Å². The van der Waals surface area contributed by atoms with Crippen molar-refractivity contribution in [1.29, 1.82) is 0 Å². The molecule has 0 rings (SSSR count). The van der Waals surface area contributed by atoms with Gasteiger partial charge in [-0.05, 0) is 0 Å². The maximum atomic E-state index is 5.42. The zero-order valence-corrected chi connectivity index (χ0v) is 13.0. The number of hydrogen-bond acceptors (Lipinski definition) is 4. The third-order valence-corrected chi connectivity index (χ3v) is 4.84. The van der Waals surface area contributed by atoms with Crippen LogP contribution in [0.2, 0.25) is 0 Å². The third-order valence-electron chi connectivity index (χ3n) is 1.21. The number of hydrogen-bond donors (Lipinski definition) is 0. The van der Waals surface area contributed by atoms with Crippen LogP contribution in [0.25, 0.3) is 0 Å². The Hall–Kier alpha value is 1.10. The van der Waals surface area contributed by atoms with Crippen molar-refractivity contribution in [2.24, 2.45) is 0 Å². The van der Waals surface area contributed by atoms with Crippen LogP contribution in [0, 0.1) is 0 Å². The van der Waals surface area contributed by atoms with E-state index in [1.165, 1.54) is 0 Å². The first-order valence-electron chi connectivity index (χ1n) is 5.08. The van der Waals surface area contributed by atoms with Crippen LogP contribution in [0.4, 0.5) is 0 Å². The maximum Gasteiger partial charge on any atom is 0.0700 e. The second-order valence-corrected chi connectivity index (χ2v) is 7.97. The van der Waals surface area contributed by atoms with E-state index in [1.54, 1.807) is 0 Å². The minimum Gasteiger partial charge on any atom is -0.378 e. The number of alkyl halides is 1. The van der Waals surface area contributed by atoms with Crippen molar-refractivity contribution in [2.45, 2.75) is 25.5 Å². The summed E-state index contributed by atoms with van der Waals surface area (Å²) in [7, 11) is 3.78. The quantitative estimate of drug-likeness (QED) is 0.367. The predicted octanol–water partition coefficient (Wildman–Crippen LogP) is 3.59. The Morgan fingerprint density at radius 2 is 1.60 bits per heavy atom. The summed E-state index contributed by atoms with van der Waals surface area (Å²) in [6, 6.07) is 0. The summed E-state index contributed by atoms with van der Waals surface area (Å²) in [5.74, 6) is 1.04. The van der Waals surface area contributed by atoms with Crippen LogP contribution in [-0.4, -0.2) is 42.3 Å². The van der Waals surface area contributed by atoms with Gasteiger partial charge in [-0.25, -0.2) is 0 Å². The first-order valence-corrected chi connectivity index (χ1v) is 8.52. The van der Waals surface area contributed by atoms with Crippen molar-refractivity contribution >= 4 is 37.5 Å². The van der Waals surface area contributed by atoms with Gasteiger partial charge in [0.1, 0.15) is 0 Å². The lowest BCUT2D eigenvalue weighted by Crippen LogP contribution is -2.08. The van der Waals surface area contributed by atoms with Gasteiger partial charge in [-0.15, -0.1) is 0 Å². The van der Waals surface area contributed by atoms with E-state index in [-0.39, 0.29) is 0 Å². The van der Waals surface area contributed by atoms with E-state index in [4.69, 9.17) is 9.47 Å². The first kappa shape index (κ1) is 16.1. The largest absolute Gasteiger partial charge is 0.378 e. The van der Waals surface area contributed by atoms with E-state index in [1.807, 2.05) is 21.6 Å². The lowest BCUT2D eigenvalue weighted by Gasteiger charge is -2.15.